The molecule has 0 aliphatic heterocycles. The van der Waals surface area contributed by atoms with Crippen LogP contribution in [0.15, 0.2) is 12.3 Å². The van der Waals surface area contributed by atoms with Gasteiger partial charge in [-0.1, -0.05) is 25.4 Å². The number of carbonyl (C=O) groups is 1. The van der Waals surface area contributed by atoms with Crippen LogP contribution in [-0.2, 0) is 0 Å². The summed E-state index contributed by atoms with van der Waals surface area (Å²) in [7, 11) is 0. The molecule has 0 spiro atoms. The highest BCUT2D eigenvalue weighted by Gasteiger charge is 2.14. The molecule has 1 aromatic rings. The smallest absolute Gasteiger partial charge is 0.356 e. The second-order valence-electron chi connectivity index (χ2n) is 3.02. The maximum atomic E-state index is 10.6. The van der Waals surface area contributed by atoms with E-state index in [1.54, 1.807) is 6.07 Å². The van der Waals surface area contributed by atoms with Crippen molar-refractivity contribution in [2.24, 2.45) is 0 Å². The van der Waals surface area contributed by atoms with Gasteiger partial charge >= 0.3 is 5.97 Å². The molecule has 1 aromatic heterocycles. The highest BCUT2D eigenvalue weighted by molar-refractivity contribution is 6.34. The Balaban J connectivity index is 3.26. The predicted octanol–water partition coefficient (Wildman–Crippen LogP) is 2.56. The number of pyridine rings is 1. The monoisotopic (exact) mass is 199 g/mol. The first-order valence-electron chi connectivity index (χ1n) is 3.91. The van der Waals surface area contributed by atoms with E-state index in [2.05, 4.69) is 4.98 Å². The van der Waals surface area contributed by atoms with Crippen LogP contribution in [0.1, 0.15) is 35.8 Å². The molecule has 1 N–H and O–H groups in total. The average molecular weight is 200 g/mol. The Morgan fingerprint density at radius 1 is 1.62 bits per heavy atom. The van der Waals surface area contributed by atoms with Gasteiger partial charge in [0.1, 0.15) is 0 Å². The van der Waals surface area contributed by atoms with E-state index in [9.17, 15) is 4.79 Å². The molecule has 70 valence electrons. The van der Waals surface area contributed by atoms with Crippen molar-refractivity contribution in [1.29, 1.82) is 0 Å². The molecule has 0 aliphatic rings. The Morgan fingerprint density at radius 2 is 2.23 bits per heavy atom. The van der Waals surface area contributed by atoms with E-state index in [1.807, 2.05) is 13.8 Å². The number of carboxylic acid groups (broad SMARTS) is 1. The third-order valence-electron chi connectivity index (χ3n) is 1.74. The topological polar surface area (TPSA) is 50.2 Å². The van der Waals surface area contributed by atoms with E-state index in [4.69, 9.17) is 16.7 Å². The summed E-state index contributed by atoms with van der Waals surface area (Å²) >= 11 is 5.86. The second-order valence-corrected chi connectivity index (χ2v) is 3.40. The van der Waals surface area contributed by atoms with Crippen molar-refractivity contribution in [1.82, 2.24) is 4.98 Å². The number of halogens is 1. The first-order valence-corrected chi connectivity index (χ1v) is 4.29. The van der Waals surface area contributed by atoms with Gasteiger partial charge in [-0.05, 0) is 17.5 Å². The maximum Gasteiger partial charge on any atom is 0.356 e. The van der Waals surface area contributed by atoms with Crippen LogP contribution in [0.4, 0.5) is 0 Å². The Kier molecular flexibility index (Phi) is 2.88. The van der Waals surface area contributed by atoms with Gasteiger partial charge in [0.05, 0.1) is 5.02 Å². The molecule has 0 saturated heterocycles. The summed E-state index contributed by atoms with van der Waals surface area (Å²) in [4.78, 5) is 14.3. The Morgan fingerprint density at radius 3 is 2.69 bits per heavy atom. The summed E-state index contributed by atoms with van der Waals surface area (Å²) < 4.78 is 0. The van der Waals surface area contributed by atoms with Crippen molar-refractivity contribution in [2.45, 2.75) is 19.8 Å². The molecular weight excluding hydrogens is 190 g/mol. The SMILES string of the molecule is CC(C)c1ccnc(C(=O)O)c1Cl. The number of carboxylic acids is 1. The molecule has 3 nitrogen and oxygen atoms in total. The molecule has 0 saturated carbocycles. The number of nitrogens with zero attached hydrogens (tertiary/aromatic N) is 1. The first kappa shape index (κ1) is 9.99. The highest BCUT2D eigenvalue weighted by atomic mass is 35.5. The van der Waals surface area contributed by atoms with E-state index >= 15 is 0 Å². The molecule has 1 rings (SSSR count). The van der Waals surface area contributed by atoms with Crippen LogP contribution in [0, 0.1) is 0 Å². The van der Waals surface area contributed by atoms with Gasteiger partial charge in [-0.15, -0.1) is 0 Å². The van der Waals surface area contributed by atoms with Crippen molar-refractivity contribution >= 4 is 17.6 Å². The van der Waals surface area contributed by atoms with E-state index in [0.717, 1.165) is 5.56 Å². The number of aromatic carboxylic acids is 1. The third kappa shape index (κ3) is 1.98. The summed E-state index contributed by atoms with van der Waals surface area (Å²) in [5.41, 5.74) is 0.738. The quantitative estimate of drug-likeness (QED) is 0.797. The van der Waals surface area contributed by atoms with Crippen LogP contribution in [0.3, 0.4) is 0 Å². The molecule has 0 unspecified atom stereocenters. The molecule has 4 heteroatoms. The van der Waals surface area contributed by atoms with Gasteiger partial charge < -0.3 is 5.11 Å². The van der Waals surface area contributed by atoms with Gasteiger partial charge in [-0.3, -0.25) is 0 Å². The lowest BCUT2D eigenvalue weighted by Crippen LogP contribution is -2.03. The molecule has 0 atom stereocenters. The maximum absolute atomic E-state index is 10.6. The zero-order valence-electron chi connectivity index (χ0n) is 7.41. The predicted molar refractivity (Wildman–Crippen MR) is 50.3 cm³/mol. The fourth-order valence-electron chi connectivity index (χ4n) is 1.05. The fraction of sp³-hybridized carbons (Fsp3) is 0.333. The molecule has 0 aromatic carbocycles. The van der Waals surface area contributed by atoms with Crippen molar-refractivity contribution in [3.8, 4) is 0 Å². The van der Waals surface area contributed by atoms with E-state index in [-0.39, 0.29) is 16.6 Å². The number of rotatable bonds is 2. The lowest BCUT2D eigenvalue weighted by atomic mass is 10.0. The average Bonchev–Trinajstić information content (AvgIpc) is 2.03. The summed E-state index contributed by atoms with van der Waals surface area (Å²) in [5.74, 6) is -0.888. The Hall–Kier alpha value is -1.09. The summed E-state index contributed by atoms with van der Waals surface area (Å²) in [5, 5.41) is 8.97. The van der Waals surface area contributed by atoms with Crippen LogP contribution >= 0.6 is 11.6 Å². The molecule has 0 radical (unpaired) electrons. The van der Waals surface area contributed by atoms with Crippen LogP contribution in [-0.4, -0.2) is 16.1 Å². The summed E-state index contributed by atoms with van der Waals surface area (Å²) in [6, 6.07) is 1.74. The molecule has 0 amide bonds. The van der Waals surface area contributed by atoms with Crippen molar-refractivity contribution in [2.75, 3.05) is 0 Å². The van der Waals surface area contributed by atoms with Gasteiger partial charge in [0.25, 0.3) is 0 Å². The van der Waals surface area contributed by atoms with Gasteiger partial charge in [0.15, 0.2) is 5.69 Å². The van der Waals surface area contributed by atoms with Crippen molar-refractivity contribution in [3.63, 3.8) is 0 Å². The Bertz CT molecular complexity index is 336. The molecule has 1 heterocycles. The lowest BCUT2D eigenvalue weighted by molar-refractivity contribution is 0.0690. The van der Waals surface area contributed by atoms with E-state index in [0.29, 0.717) is 0 Å². The van der Waals surface area contributed by atoms with E-state index < -0.39 is 5.97 Å². The van der Waals surface area contributed by atoms with E-state index in [1.165, 1.54) is 6.20 Å². The summed E-state index contributed by atoms with van der Waals surface area (Å²) in [6.07, 6.45) is 1.46. The number of aromatic nitrogens is 1. The molecule has 0 bridgehead atoms. The highest BCUT2D eigenvalue weighted by Crippen LogP contribution is 2.25. The minimum Gasteiger partial charge on any atom is -0.476 e. The fourth-order valence-corrected chi connectivity index (χ4v) is 1.46. The van der Waals surface area contributed by atoms with Crippen LogP contribution in [0.25, 0.3) is 0 Å². The molecule has 0 fully saturated rings. The zero-order valence-corrected chi connectivity index (χ0v) is 8.17. The molecular formula is C9H10ClNO2. The lowest BCUT2D eigenvalue weighted by Gasteiger charge is -2.08. The second kappa shape index (κ2) is 3.75. The van der Waals surface area contributed by atoms with Gasteiger partial charge in [0.2, 0.25) is 0 Å². The summed E-state index contributed by atoms with van der Waals surface area (Å²) in [6.45, 7) is 3.90. The molecule has 13 heavy (non-hydrogen) atoms. The first-order chi connectivity index (χ1) is 6.04. The zero-order chi connectivity index (χ0) is 10.0. The van der Waals surface area contributed by atoms with Gasteiger partial charge in [0, 0.05) is 6.20 Å². The third-order valence-corrected chi connectivity index (χ3v) is 2.14. The van der Waals surface area contributed by atoms with Gasteiger partial charge in [-0.2, -0.15) is 0 Å². The number of hydrogen-bond acceptors (Lipinski definition) is 2. The number of hydrogen-bond donors (Lipinski definition) is 1. The van der Waals surface area contributed by atoms with Gasteiger partial charge in [-0.25, -0.2) is 9.78 Å². The van der Waals surface area contributed by atoms with Crippen molar-refractivity contribution < 1.29 is 9.90 Å². The van der Waals surface area contributed by atoms with Crippen molar-refractivity contribution in [3.05, 3.63) is 28.5 Å². The standard InChI is InChI=1S/C9H10ClNO2/c1-5(2)6-3-4-11-8(7(6)10)9(12)13/h3-5H,1-2H3,(H,12,13). The molecule has 0 aliphatic carbocycles. The van der Waals surface area contributed by atoms with Crippen LogP contribution in [0.2, 0.25) is 5.02 Å². The Labute approximate surface area is 81.4 Å². The minimum absolute atomic E-state index is 0.0760. The van der Waals surface area contributed by atoms with Crippen LogP contribution in [0.5, 0.6) is 0 Å². The van der Waals surface area contributed by atoms with Crippen LogP contribution < -0.4 is 0 Å². The largest absolute Gasteiger partial charge is 0.476 e. The normalized spacial score (nSPS) is 10.5. The minimum atomic E-state index is -1.09.